The largest absolute Gasteiger partial charge is 0.497 e. The zero-order valence-electron chi connectivity index (χ0n) is 17.6. The summed E-state index contributed by atoms with van der Waals surface area (Å²) in [6, 6.07) is 6.59. The van der Waals surface area contributed by atoms with Gasteiger partial charge in [0.1, 0.15) is 5.75 Å². The molecule has 0 saturated heterocycles. The van der Waals surface area contributed by atoms with Crippen LogP contribution in [0.5, 0.6) is 5.75 Å². The fraction of sp³-hybridized carbons (Fsp3) is 0.619. The van der Waals surface area contributed by atoms with Gasteiger partial charge in [-0.1, -0.05) is 41.5 Å². The third kappa shape index (κ3) is 3.39. The molecule has 0 N–H and O–H groups in total. The normalized spacial score (nSPS) is 13.0. The Morgan fingerprint density at radius 2 is 1.56 bits per heavy atom. The third-order valence-electron chi connectivity index (χ3n) is 5.77. The highest BCUT2D eigenvalue weighted by Gasteiger charge is 2.46. The van der Waals surface area contributed by atoms with Gasteiger partial charge in [-0.25, -0.2) is 0 Å². The number of methoxy groups -OCH3 is 1. The van der Waals surface area contributed by atoms with Crippen LogP contribution in [0.3, 0.4) is 0 Å². The summed E-state index contributed by atoms with van der Waals surface area (Å²) < 4.78 is 8.22. The van der Waals surface area contributed by atoms with Crippen LogP contribution >= 0.6 is 0 Å². The van der Waals surface area contributed by atoms with E-state index in [4.69, 9.17) is 4.74 Å². The molecule has 3 nitrogen and oxygen atoms in total. The first kappa shape index (κ1) is 20.1. The standard InChI is InChI=1S/C21H36N2OSi/c1-15(2)25(16(3)4,17(5)6)23-14-18(13-22(7)8)20-12-19(24-9)10-11-21(20)23/h10-12,14-17H,13H2,1-9H3. The van der Waals surface area contributed by atoms with Gasteiger partial charge in [0, 0.05) is 23.6 Å². The molecule has 0 atom stereocenters. The quantitative estimate of drug-likeness (QED) is 0.586. The van der Waals surface area contributed by atoms with Crippen molar-refractivity contribution >= 4 is 19.1 Å². The predicted molar refractivity (Wildman–Crippen MR) is 112 cm³/mol. The molecule has 0 aliphatic rings. The predicted octanol–water partition coefficient (Wildman–Crippen LogP) is 5.74. The van der Waals surface area contributed by atoms with Crippen LogP contribution < -0.4 is 4.74 Å². The van der Waals surface area contributed by atoms with E-state index in [9.17, 15) is 0 Å². The Labute approximate surface area is 155 Å². The Balaban J connectivity index is 2.83. The Kier molecular flexibility index (Phi) is 6.05. The molecule has 0 radical (unpaired) electrons. The third-order valence-corrected chi connectivity index (χ3v) is 12.5. The second-order valence-electron chi connectivity index (χ2n) is 8.50. The molecule has 4 heteroatoms. The van der Waals surface area contributed by atoms with Crippen molar-refractivity contribution in [1.29, 1.82) is 0 Å². The zero-order chi connectivity index (χ0) is 18.9. The number of rotatable bonds is 7. The lowest BCUT2D eigenvalue weighted by molar-refractivity contribution is 0.403. The average Bonchev–Trinajstić information content (AvgIpc) is 2.84. The van der Waals surface area contributed by atoms with Gasteiger partial charge in [0.05, 0.1) is 7.11 Å². The van der Waals surface area contributed by atoms with Gasteiger partial charge in [0.25, 0.3) is 0 Å². The Morgan fingerprint density at radius 1 is 1.00 bits per heavy atom. The lowest BCUT2D eigenvalue weighted by Gasteiger charge is -2.44. The molecular weight excluding hydrogens is 324 g/mol. The lowest BCUT2D eigenvalue weighted by atomic mass is 10.1. The summed E-state index contributed by atoms with van der Waals surface area (Å²) in [4.78, 5) is 2.25. The van der Waals surface area contributed by atoms with Gasteiger partial charge in [-0.15, -0.1) is 0 Å². The van der Waals surface area contributed by atoms with Gasteiger partial charge >= 0.3 is 0 Å². The monoisotopic (exact) mass is 360 g/mol. The van der Waals surface area contributed by atoms with Crippen LogP contribution in [0, 0.1) is 0 Å². The van der Waals surface area contributed by atoms with Gasteiger partial charge < -0.3 is 13.9 Å². The molecule has 2 rings (SSSR count). The van der Waals surface area contributed by atoms with Crippen molar-refractivity contribution in [2.45, 2.75) is 64.7 Å². The molecule has 0 aliphatic carbocycles. The summed E-state index contributed by atoms with van der Waals surface area (Å²) in [6.45, 7) is 15.5. The van der Waals surface area contributed by atoms with Gasteiger partial charge in [-0.2, -0.15) is 0 Å². The first-order chi connectivity index (χ1) is 11.7. The summed E-state index contributed by atoms with van der Waals surface area (Å²) >= 11 is 0. The molecule has 2 aromatic rings. The van der Waals surface area contributed by atoms with E-state index in [-0.39, 0.29) is 0 Å². The van der Waals surface area contributed by atoms with Crippen molar-refractivity contribution in [3.05, 3.63) is 30.0 Å². The fourth-order valence-corrected chi connectivity index (χ4v) is 11.7. The molecule has 25 heavy (non-hydrogen) atoms. The van der Waals surface area contributed by atoms with Gasteiger partial charge in [-0.3, -0.25) is 0 Å². The number of nitrogens with zero attached hydrogens (tertiary/aromatic N) is 2. The highest BCUT2D eigenvalue weighted by Crippen LogP contribution is 2.45. The van der Waals surface area contributed by atoms with Crippen molar-refractivity contribution in [1.82, 2.24) is 9.13 Å². The summed E-state index contributed by atoms with van der Waals surface area (Å²) in [5, 5.41) is 1.34. The number of hydrogen-bond acceptors (Lipinski definition) is 2. The van der Waals surface area contributed by atoms with Crippen molar-refractivity contribution < 1.29 is 4.74 Å². The van der Waals surface area contributed by atoms with Crippen molar-refractivity contribution in [3.8, 4) is 5.75 Å². The van der Waals surface area contributed by atoms with Crippen molar-refractivity contribution in [3.63, 3.8) is 0 Å². The molecular formula is C21H36N2OSi. The van der Waals surface area contributed by atoms with E-state index < -0.39 is 8.24 Å². The molecule has 0 saturated carbocycles. The molecule has 0 amide bonds. The fourth-order valence-electron chi connectivity index (χ4n) is 5.03. The topological polar surface area (TPSA) is 17.4 Å². The molecule has 0 fully saturated rings. The van der Waals surface area contributed by atoms with E-state index >= 15 is 0 Å². The van der Waals surface area contributed by atoms with Crippen LogP contribution in [0.25, 0.3) is 10.9 Å². The molecule has 0 aliphatic heterocycles. The van der Waals surface area contributed by atoms with Crippen molar-refractivity contribution in [2.75, 3.05) is 21.2 Å². The van der Waals surface area contributed by atoms with Crippen LogP contribution in [-0.2, 0) is 6.54 Å². The summed E-state index contributed by atoms with van der Waals surface area (Å²) in [5.74, 6) is 0.941. The molecule has 140 valence electrons. The number of benzene rings is 1. The second-order valence-corrected chi connectivity index (χ2v) is 14.2. The number of ether oxygens (including phenoxy) is 1. The minimum absolute atomic E-state index is 0.678. The maximum absolute atomic E-state index is 5.51. The van der Waals surface area contributed by atoms with Gasteiger partial charge in [0.15, 0.2) is 8.24 Å². The first-order valence-corrected chi connectivity index (χ1v) is 11.7. The molecule has 0 bridgehead atoms. The van der Waals surface area contributed by atoms with E-state index in [1.807, 2.05) is 0 Å². The van der Waals surface area contributed by atoms with E-state index in [1.165, 1.54) is 16.5 Å². The molecule has 1 aromatic heterocycles. The maximum atomic E-state index is 5.51. The molecule has 0 spiro atoms. The molecule has 0 unspecified atom stereocenters. The zero-order valence-corrected chi connectivity index (χ0v) is 18.6. The summed E-state index contributed by atoms with van der Waals surface area (Å²) in [5.41, 5.74) is 4.81. The number of fused-ring (bicyclic) bond motifs is 1. The van der Waals surface area contributed by atoms with E-state index in [0.29, 0.717) is 16.6 Å². The van der Waals surface area contributed by atoms with Gasteiger partial charge in [-0.05, 0) is 54.5 Å². The summed E-state index contributed by atoms with van der Waals surface area (Å²) in [6.07, 6.45) is 2.45. The number of hydrogen-bond donors (Lipinski definition) is 0. The first-order valence-electron chi connectivity index (χ1n) is 9.49. The van der Waals surface area contributed by atoms with Gasteiger partial charge in [0.2, 0.25) is 0 Å². The second kappa shape index (κ2) is 7.54. The van der Waals surface area contributed by atoms with E-state index in [1.54, 1.807) is 7.11 Å². The Bertz CT molecular complexity index is 694. The molecule has 1 heterocycles. The molecule has 1 aromatic carbocycles. The highest BCUT2D eigenvalue weighted by molar-refractivity contribution is 6.82. The minimum Gasteiger partial charge on any atom is -0.497 e. The Hall–Kier alpha value is -1.26. The lowest BCUT2D eigenvalue weighted by Crippen LogP contribution is -2.51. The minimum atomic E-state index is -1.77. The van der Waals surface area contributed by atoms with E-state index in [2.05, 4.69) is 89.2 Å². The highest BCUT2D eigenvalue weighted by atomic mass is 28.3. The average molecular weight is 361 g/mol. The van der Waals surface area contributed by atoms with Crippen molar-refractivity contribution in [2.24, 2.45) is 0 Å². The van der Waals surface area contributed by atoms with Crippen LogP contribution in [0.15, 0.2) is 24.4 Å². The van der Waals surface area contributed by atoms with E-state index in [0.717, 1.165) is 12.3 Å². The number of aromatic nitrogens is 1. The van der Waals surface area contributed by atoms with Crippen LogP contribution in [-0.4, -0.2) is 38.6 Å². The summed E-state index contributed by atoms with van der Waals surface area (Å²) in [7, 11) is 4.26. The maximum Gasteiger partial charge on any atom is 0.169 e. The smallest absolute Gasteiger partial charge is 0.169 e. The van der Waals surface area contributed by atoms with Crippen LogP contribution in [0.2, 0.25) is 16.6 Å². The Morgan fingerprint density at radius 3 is 2.00 bits per heavy atom. The SMILES string of the molecule is COc1ccc2c(c1)c(CN(C)C)cn2[Si](C(C)C)(C(C)C)C(C)C. The van der Waals surface area contributed by atoms with Crippen LogP contribution in [0.1, 0.15) is 47.1 Å². The van der Waals surface area contributed by atoms with Crippen LogP contribution in [0.4, 0.5) is 0 Å².